The number of amides is 2. The Kier molecular flexibility index (Phi) is 8.72. The van der Waals surface area contributed by atoms with E-state index in [0.717, 1.165) is 28.7 Å². The van der Waals surface area contributed by atoms with Crippen LogP contribution < -0.4 is 10.6 Å². The van der Waals surface area contributed by atoms with Crippen LogP contribution in [-0.2, 0) is 25.7 Å². The van der Waals surface area contributed by atoms with Crippen molar-refractivity contribution in [3.63, 3.8) is 0 Å². The van der Waals surface area contributed by atoms with Gasteiger partial charge in [0.15, 0.2) is 0 Å². The molecule has 2 amide bonds. The Hall–Kier alpha value is -4.20. The predicted octanol–water partition coefficient (Wildman–Crippen LogP) is 4.04. The number of esters is 1. The first kappa shape index (κ1) is 27.0. The summed E-state index contributed by atoms with van der Waals surface area (Å²) in [5.74, 6) is -1.76. The highest BCUT2D eigenvalue weighted by Crippen LogP contribution is 2.34. The van der Waals surface area contributed by atoms with Gasteiger partial charge in [0, 0.05) is 18.3 Å². The molecular weight excluding hydrogens is 446 g/mol. The first-order chi connectivity index (χ1) is 16.4. The lowest BCUT2D eigenvalue weighted by Gasteiger charge is -2.21. The SMILES string of the molecule is C=C(NC(=O)C(=C)N1Cc2c(cccc2-c2ccc(NC)cc2)C1=O)C(=O)OC(C)(C)C.CC=O. The van der Waals surface area contributed by atoms with Crippen LogP contribution >= 0.6 is 0 Å². The van der Waals surface area contributed by atoms with Gasteiger partial charge < -0.3 is 20.2 Å². The zero-order chi connectivity index (χ0) is 26.3. The van der Waals surface area contributed by atoms with E-state index in [4.69, 9.17) is 9.53 Å². The van der Waals surface area contributed by atoms with Crippen LogP contribution in [0.3, 0.4) is 0 Å². The first-order valence-electron chi connectivity index (χ1n) is 11.0. The van der Waals surface area contributed by atoms with E-state index in [0.29, 0.717) is 5.56 Å². The predicted molar refractivity (Wildman–Crippen MR) is 135 cm³/mol. The van der Waals surface area contributed by atoms with Gasteiger partial charge in [-0.1, -0.05) is 37.4 Å². The van der Waals surface area contributed by atoms with Crippen LogP contribution in [0.2, 0.25) is 0 Å². The first-order valence-corrected chi connectivity index (χ1v) is 11.0. The van der Waals surface area contributed by atoms with Gasteiger partial charge >= 0.3 is 5.97 Å². The standard InChI is InChI=1S/C25H27N3O4.C2H4O/c1-15(24(31)32-25(3,4)5)27-22(29)16(2)28-14-21-19(8-7-9-20(21)23(28)30)17-10-12-18(26-6)13-11-17;1-2-3/h7-13,26H,1-2,14H2,3-6H3,(H,27,29);2H,1H3. The molecule has 0 unspecified atom stereocenters. The van der Waals surface area contributed by atoms with Gasteiger partial charge in [-0.2, -0.15) is 0 Å². The molecule has 0 saturated carbocycles. The van der Waals surface area contributed by atoms with E-state index in [1.807, 2.05) is 43.4 Å². The Balaban J connectivity index is 0.00000137. The molecule has 0 radical (unpaired) electrons. The monoisotopic (exact) mass is 477 g/mol. The topological polar surface area (TPSA) is 105 Å². The fraction of sp³-hybridized carbons (Fsp3) is 0.259. The second-order valence-electron chi connectivity index (χ2n) is 8.67. The van der Waals surface area contributed by atoms with Gasteiger partial charge in [-0.3, -0.25) is 14.5 Å². The molecule has 1 heterocycles. The molecular formula is C27H31N3O5. The van der Waals surface area contributed by atoms with Crippen molar-refractivity contribution in [2.75, 3.05) is 12.4 Å². The smallest absolute Gasteiger partial charge is 0.354 e. The minimum absolute atomic E-state index is 0.0765. The molecule has 2 aromatic rings. The molecule has 3 rings (SSSR count). The van der Waals surface area contributed by atoms with Gasteiger partial charge in [0.25, 0.3) is 11.8 Å². The number of hydrogen-bond acceptors (Lipinski definition) is 6. The normalized spacial score (nSPS) is 12.0. The van der Waals surface area contributed by atoms with Gasteiger partial charge in [-0.25, -0.2) is 4.79 Å². The zero-order valence-corrected chi connectivity index (χ0v) is 20.7. The lowest BCUT2D eigenvalue weighted by Crippen LogP contribution is -2.37. The van der Waals surface area contributed by atoms with Gasteiger partial charge in [-0.15, -0.1) is 0 Å². The third-order valence-electron chi connectivity index (χ3n) is 4.95. The molecule has 0 aliphatic carbocycles. The molecule has 2 aromatic carbocycles. The number of anilines is 1. The summed E-state index contributed by atoms with van der Waals surface area (Å²) in [6.07, 6.45) is 0.750. The van der Waals surface area contributed by atoms with Crippen molar-refractivity contribution in [1.82, 2.24) is 10.2 Å². The second kappa shape index (κ2) is 11.3. The fourth-order valence-electron chi connectivity index (χ4n) is 3.36. The van der Waals surface area contributed by atoms with Gasteiger partial charge in [0.1, 0.15) is 23.3 Å². The number of nitrogens with one attached hydrogen (secondary N) is 2. The molecule has 0 aromatic heterocycles. The lowest BCUT2D eigenvalue weighted by molar-refractivity contribution is -0.150. The third kappa shape index (κ3) is 6.66. The summed E-state index contributed by atoms with van der Waals surface area (Å²) in [5, 5.41) is 5.45. The quantitative estimate of drug-likeness (QED) is 0.370. The molecule has 0 spiro atoms. The average Bonchev–Trinajstić information content (AvgIpc) is 3.14. The largest absolute Gasteiger partial charge is 0.455 e. The summed E-state index contributed by atoms with van der Waals surface area (Å²) in [7, 11) is 1.85. The van der Waals surface area contributed by atoms with E-state index in [1.54, 1.807) is 26.8 Å². The molecule has 1 aliphatic heterocycles. The van der Waals surface area contributed by atoms with Gasteiger partial charge in [-0.05, 0) is 62.6 Å². The van der Waals surface area contributed by atoms with Crippen LogP contribution in [0.15, 0.2) is 67.0 Å². The van der Waals surface area contributed by atoms with Crippen molar-refractivity contribution in [2.45, 2.75) is 39.8 Å². The van der Waals surface area contributed by atoms with E-state index in [1.165, 1.54) is 11.8 Å². The maximum atomic E-state index is 13.0. The Bertz CT molecular complexity index is 1160. The van der Waals surface area contributed by atoms with Crippen LogP contribution in [0, 0.1) is 0 Å². The van der Waals surface area contributed by atoms with Gasteiger partial charge in [0.2, 0.25) is 0 Å². The fourth-order valence-corrected chi connectivity index (χ4v) is 3.36. The highest BCUT2D eigenvalue weighted by atomic mass is 16.6. The van der Waals surface area contributed by atoms with Crippen molar-refractivity contribution in [3.05, 3.63) is 78.1 Å². The molecule has 2 N–H and O–H groups in total. The Labute approximate surface area is 205 Å². The molecule has 0 fully saturated rings. The molecule has 0 atom stereocenters. The minimum atomic E-state index is -0.748. The zero-order valence-electron chi connectivity index (χ0n) is 20.7. The van der Waals surface area contributed by atoms with Crippen LogP contribution in [-0.4, -0.2) is 41.6 Å². The number of fused-ring (bicyclic) bond motifs is 1. The molecule has 8 heteroatoms. The van der Waals surface area contributed by atoms with E-state index < -0.39 is 17.5 Å². The number of benzene rings is 2. The molecule has 0 bridgehead atoms. The molecule has 1 aliphatic rings. The summed E-state index contributed by atoms with van der Waals surface area (Å²) in [6, 6.07) is 13.3. The van der Waals surface area contributed by atoms with E-state index in [9.17, 15) is 14.4 Å². The van der Waals surface area contributed by atoms with Crippen molar-refractivity contribution in [1.29, 1.82) is 0 Å². The summed E-state index contributed by atoms with van der Waals surface area (Å²) >= 11 is 0. The molecule has 8 nitrogen and oxygen atoms in total. The Morgan fingerprint density at radius 3 is 2.17 bits per heavy atom. The van der Waals surface area contributed by atoms with Crippen molar-refractivity contribution in [3.8, 4) is 11.1 Å². The number of carbonyl (C=O) groups is 4. The number of ether oxygens (including phenoxy) is 1. The number of aldehydes is 1. The van der Waals surface area contributed by atoms with E-state index in [2.05, 4.69) is 23.8 Å². The maximum Gasteiger partial charge on any atom is 0.354 e. The number of rotatable bonds is 6. The number of hydrogen-bond donors (Lipinski definition) is 2. The number of nitrogens with zero attached hydrogens (tertiary/aromatic N) is 1. The van der Waals surface area contributed by atoms with E-state index >= 15 is 0 Å². The third-order valence-corrected chi connectivity index (χ3v) is 4.95. The summed E-state index contributed by atoms with van der Waals surface area (Å²) in [5.41, 5.74) is 3.16. The molecule has 35 heavy (non-hydrogen) atoms. The Morgan fingerprint density at radius 2 is 1.63 bits per heavy atom. The van der Waals surface area contributed by atoms with Crippen molar-refractivity contribution in [2.24, 2.45) is 0 Å². The van der Waals surface area contributed by atoms with Crippen LogP contribution in [0.4, 0.5) is 5.69 Å². The second-order valence-corrected chi connectivity index (χ2v) is 8.67. The average molecular weight is 478 g/mol. The van der Waals surface area contributed by atoms with Crippen LogP contribution in [0.5, 0.6) is 0 Å². The highest BCUT2D eigenvalue weighted by molar-refractivity contribution is 6.07. The molecule has 184 valence electrons. The number of carbonyl (C=O) groups excluding carboxylic acids is 4. The summed E-state index contributed by atoms with van der Waals surface area (Å²) < 4.78 is 5.19. The van der Waals surface area contributed by atoms with Crippen molar-refractivity contribution < 1.29 is 23.9 Å². The molecule has 0 saturated heterocycles. The lowest BCUT2D eigenvalue weighted by atomic mass is 9.97. The van der Waals surface area contributed by atoms with Crippen LogP contribution in [0.25, 0.3) is 11.1 Å². The minimum Gasteiger partial charge on any atom is -0.455 e. The van der Waals surface area contributed by atoms with Crippen molar-refractivity contribution >= 4 is 29.8 Å². The highest BCUT2D eigenvalue weighted by Gasteiger charge is 2.34. The maximum absolute atomic E-state index is 13.0. The van der Waals surface area contributed by atoms with Crippen LogP contribution in [0.1, 0.15) is 43.6 Å². The Morgan fingerprint density at radius 1 is 1.06 bits per heavy atom. The van der Waals surface area contributed by atoms with Gasteiger partial charge in [0.05, 0.1) is 6.54 Å². The van der Waals surface area contributed by atoms with E-state index in [-0.39, 0.29) is 23.8 Å². The summed E-state index contributed by atoms with van der Waals surface area (Å²) in [4.78, 5) is 47.8. The summed E-state index contributed by atoms with van der Waals surface area (Å²) in [6.45, 7) is 14.1.